The Labute approximate surface area is 160 Å². The maximum Gasteiger partial charge on any atom is 0.414 e. The third kappa shape index (κ3) is 3.61. The molecule has 0 spiro atoms. The number of aromatic nitrogens is 1. The third-order valence-corrected chi connectivity index (χ3v) is 4.50. The first-order valence-corrected chi connectivity index (χ1v) is 8.76. The molecule has 0 radical (unpaired) electrons. The number of ether oxygens (including phenoxy) is 1. The van der Waals surface area contributed by atoms with E-state index in [0.717, 1.165) is 0 Å². The molecule has 0 saturated carbocycles. The SMILES string of the molecule is C=CN1CCN(c2ccc(N3CC(CNc4ccon4)OC3=O)cc2F)C=N1. The molecule has 3 heterocycles. The van der Waals surface area contributed by atoms with Crippen LogP contribution in [-0.2, 0) is 4.74 Å². The van der Waals surface area contributed by atoms with Gasteiger partial charge >= 0.3 is 6.09 Å². The lowest BCUT2D eigenvalue weighted by Crippen LogP contribution is -2.36. The van der Waals surface area contributed by atoms with E-state index in [0.29, 0.717) is 43.4 Å². The zero-order valence-corrected chi connectivity index (χ0v) is 15.0. The Morgan fingerprint density at radius 1 is 1.36 bits per heavy atom. The monoisotopic (exact) mass is 386 g/mol. The van der Waals surface area contributed by atoms with Gasteiger partial charge in [0.05, 0.1) is 31.0 Å². The van der Waals surface area contributed by atoms with Crippen molar-refractivity contribution in [2.24, 2.45) is 5.10 Å². The Morgan fingerprint density at radius 2 is 2.25 bits per heavy atom. The summed E-state index contributed by atoms with van der Waals surface area (Å²) < 4.78 is 24.7. The Bertz CT molecular complexity index is 887. The molecule has 1 atom stereocenters. The first-order chi connectivity index (χ1) is 13.6. The fourth-order valence-corrected chi connectivity index (χ4v) is 3.03. The van der Waals surface area contributed by atoms with Gasteiger partial charge in [-0.15, -0.1) is 0 Å². The number of hydrogen-bond donors (Lipinski definition) is 1. The number of carbonyl (C=O) groups is 1. The van der Waals surface area contributed by atoms with E-state index in [9.17, 15) is 9.18 Å². The summed E-state index contributed by atoms with van der Waals surface area (Å²) in [5.74, 6) is 0.121. The van der Waals surface area contributed by atoms with Crippen molar-refractivity contribution >= 4 is 29.6 Å². The predicted molar refractivity (Wildman–Crippen MR) is 102 cm³/mol. The van der Waals surface area contributed by atoms with Gasteiger partial charge in [0.2, 0.25) is 0 Å². The van der Waals surface area contributed by atoms with Crippen LogP contribution in [0, 0.1) is 5.82 Å². The van der Waals surface area contributed by atoms with Gasteiger partial charge in [0.25, 0.3) is 0 Å². The molecule has 2 aliphatic heterocycles. The zero-order valence-electron chi connectivity index (χ0n) is 15.0. The summed E-state index contributed by atoms with van der Waals surface area (Å²) in [6, 6.07) is 6.33. The fourth-order valence-electron chi connectivity index (χ4n) is 3.03. The molecule has 10 heteroatoms. The van der Waals surface area contributed by atoms with Crippen molar-refractivity contribution in [2.45, 2.75) is 6.10 Å². The molecule has 1 aromatic heterocycles. The van der Waals surface area contributed by atoms with Crippen molar-refractivity contribution < 1.29 is 18.4 Å². The summed E-state index contributed by atoms with van der Waals surface area (Å²) in [6.45, 7) is 5.52. The quantitative estimate of drug-likeness (QED) is 0.816. The van der Waals surface area contributed by atoms with Crippen LogP contribution in [-0.4, -0.2) is 54.9 Å². The second-order valence-corrected chi connectivity index (χ2v) is 6.29. The van der Waals surface area contributed by atoms with Crippen LogP contribution >= 0.6 is 0 Å². The summed E-state index contributed by atoms with van der Waals surface area (Å²) in [4.78, 5) is 15.3. The number of rotatable bonds is 6. The Balaban J connectivity index is 1.42. The molecular formula is C18H19FN6O3. The van der Waals surface area contributed by atoms with Crippen molar-refractivity contribution in [2.75, 3.05) is 41.3 Å². The minimum absolute atomic E-state index is 0.307. The molecule has 1 unspecified atom stereocenters. The molecule has 4 rings (SSSR count). The van der Waals surface area contributed by atoms with Crippen molar-refractivity contribution in [1.29, 1.82) is 0 Å². The van der Waals surface area contributed by atoms with Gasteiger partial charge in [-0.05, 0) is 18.2 Å². The highest BCUT2D eigenvalue weighted by Gasteiger charge is 2.33. The van der Waals surface area contributed by atoms with Gasteiger partial charge in [0.15, 0.2) is 5.82 Å². The summed E-state index contributed by atoms with van der Waals surface area (Å²) in [6.07, 6.45) is 3.71. The van der Waals surface area contributed by atoms with Crippen molar-refractivity contribution in [3.8, 4) is 0 Å². The van der Waals surface area contributed by atoms with E-state index < -0.39 is 11.9 Å². The molecule has 1 aromatic carbocycles. The molecule has 1 N–H and O–H groups in total. The van der Waals surface area contributed by atoms with Gasteiger partial charge < -0.3 is 19.5 Å². The summed E-state index contributed by atoms with van der Waals surface area (Å²) >= 11 is 0. The first-order valence-electron chi connectivity index (χ1n) is 8.76. The number of cyclic esters (lactones) is 1. The molecule has 1 fully saturated rings. The fraction of sp³-hybridized carbons (Fsp3) is 0.278. The van der Waals surface area contributed by atoms with Crippen molar-refractivity contribution in [3.63, 3.8) is 0 Å². The lowest BCUT2D eigenvalue weighted by molar-refractivity contribution is 0.147. The second-order valence-electron chi connectivity index (χ2n) is 6.29. The van der Waals surface area contributed by atoms with Gasteiger partial charge in [-0.2, -0.15) is 5.10 Å². The van der Waals surface area contributed by atoms with Crippen LogP contribution in [0.2, 0.25) is 0 Å². The molecule has 1 amide bonds. The highest BCUT2D eigenvalue weighted by molar-refractivity contribution is 5.90. The molecule has 0 aliphatic carbocycles. The van der Waals surface area contributed by atoms with E-state index in [1.807, 2.05) is 0 Å². The van der Waals surface area contributed by atoms with Crippen molar-refractivity contribution in [1.82, 2.24) is 10.2 Å². The largest absolute Gasteiger partial charge is 0.442 e. The van der Waals surface area contributed by atoms with E-state index in [2.05, 4.69) is 22.2 Å². The number of halogens is 1. The van der Waals surface area contributed by atoms with Gasteiger partial charge in [0.1, 0.15) is 24.5 Å². The van der Waals surface area contributed by atoms with Crippen LogP contribution in [0.5, 0.6) is 0 Å². The van der Waals surface area contributed by atoms with Crippen LogP contribution in [0.1, 0.15) is 0 Å². The Kier molecular flexibility index (Phi) is 4.83. The number of amides is 1. The molecule has 28 heavy (non-hydrogen) atoms. The average Bonchev–Trinajstić information content (AvgIpc) is 3.36. The lowest BCUT2D eigenvalue weighted by atomic mass is 10.2. The normalized spacial score (nSPS) is 19.1. The van der Waals surface area contributed by atoms with Crippen molar-refractivity contribution in [3.05, 3.63) is 49.1 Å². The zero-order chi connectivity index (χ0) is 19.5. The predicted octanol–water partition coefficient (Wildman–Crippen LogP) is 2.46. The second kappa shape index (κ2) is 7.59. The maximum atomic E-state index is 14.7. The number of benzene rings is 1. The van der Waals surface area contributed by atoms with Crippen LogP contribution in [0.3, 0.4) is 0 Å². The molecule has 0 bridgehead atoms. The summed E-state index contributed by atoms with van der Waals surface area (Å²) in [7, 11) is 0. The van der Waals surface area contributed by atoms with E-state index in [1.54, 1.807) is 40.6 Å². The van der Waals surface area contributed by atoms with E-state index in [4.69, 9.17) is 9.26 Å². The number of carbonyl (C=O) groups excluding carboxylic acids is 1. The highest BCUT2D eigenvalue weighted by atomic mass is 19.1. The maximum absolute atomic E-state index is 14.7. The molecular weight excluding hydrogens is 367 g/mol. The summed E-state index contributed by atoms with van der Waals surface area (Å²) in [5.41, 5.74) is 0.838. The number of nitrogens with zero attached hydrogens (tertiary/aromatic N) is 5. The number of hydrazone groups is 1. The smallest absolute Gasteiger partial charge is 0.414 e. The van der Waals surface area contributed by atoms with Gasteiger partial charge in [-0.1, -0.05) is 11.7 Å². The van der Waals surface area contributed by atoms with E-state index >= 15 is 0 Å². The molecule has 9 nitrogen and oxygen atoms in total. The third-order valence-electron chi connectivity index (χ3n) is 4.50. The van der Waals surface area contributed by atoms with Crippen LogP contribution in [0.4, 0.5) is 26.4 Å². The Hall–Kier alpha value is -3.56. The van der Waals surface area contributed by atoms with Gasteiger partial charge in [0, 0.05) is 18.8 Å². The number of hydrogen-bond acceptors (Lipinski definition) is 8. The van der Waals surface area contributed by atoms with Crippen LogP contribution in [0.15, 0.2) is 52.9 Å². The topological polar surface area (TPSA) is 86.4 Å². The summed E-state index contributed by atoms with van der Waals surface area (Å²) in [5, 5.41) is 12.6. The van der Waals surface area contributed by atoms with Gasteiger partial charge in [-0.25, -0.2) is 9.18 Å². The van der Waals surface area contributed by atoms with E-state index in [-0.39, 0.29) is 6.10 Å². The van der Waals surface area contributed by atoms with E-state index in [1.165, 1.54) is 17.2 Å². The number of anilines is 3. The number of nitrogens with one attached hydrogen (secondary N) is 1. The van der Waals surface area contributed by atoms with Gasteiger partial charge in [-0.3, -0.25) is 9.91 Å². The van der Waals surface area contributed by atoms with Crippen LogP contribution < -0.4 is 15.1 Å². The molecule has 2 aliphatic rings. The average molecular weight is 386 g/mol. The van der Waals surface area contributed by atoms with Crippen LogP contribution in [0.25, 0.3) is 0 Å². The Morgan fingerprint density at radius 3 is 2.93 bits per heavy atom. The molecule has 1 saturated heterocycles. The molecule has 2 aromatic rings. The lowest BCUT2D eigenvalue weighted by Gasteiger charge is -2.28. The minimum atomic E-state index is -0.514. The minimum Gasteiger partial charge on any atom is -0.442 e. The first kappa shape index (κ1) is 17.8. The highest BCUT2D eigenvalue weighted by Crippen LogP contribution is 2.28. The molecule has 146 valence electrons. The standard InChI is InChI=1S/C18H19FN6O3/c1-2-24-7-6-23(12-21-24)16-4-3-13(9-15(16)19)25-11-14(28-18(25)26)10-20-17-5-8-27-22-17/h2-5,8-9,12,14H,1,6-7,10-11H2,(H,20,22).